The minimum atomic E-state index is -0.476. The number of carbonyl (C=O) groups excluding carboxylic acids is 1. The van der Waals surface area contributed by atoms with Crippen LogP contribution < -0.4 is 9.54 Å². The SMILES string of the molecule is C#CCn1c(=NC(=O)C=Cc2ccc([N+](=O)[O-])cc2)sc2cccc(OCC)c21. The summed E-state index contributed by atoms with van der Waals surface area (Å²) in [5.74, 6) is 2.81. The van der Waals surface area contributed by atoms with Crippen LogP contribution in [0.15, 0.2) is 53.5 Å². The molecule has 0 aliphatic heterocycles. The summed E-state index contributed by atoms with van der Waals surface area (Å²) in [7, 11) is 0. The van der Waals surface area contributed by atoms with Crippen molar-refractivity contribution < 1.29 is 14.5 Å². The molecule has 8 heteroatoms. The molecule has 1 aromatic heterocycles. The van der Waals surface area contributed by atoms with Gasteiger partial charge in [-0.25, -0.2) is 0 Å². The lowest BCUT2D eigenvalue weighted by atomic mass is 10.2. The molecule has 29 heavy (non-hydrogen) atoms. The monoisotopic (exact) mass is 407 g/mol. The van der Waals surface area contributed by atoms with Gasteiger partial charge in [0.05, 0.1) is 22.8 Å². The first kappa shape index (κ1) is 20.0. The van der Waals surface area contributed by atoms with Gasteiger partial charge in [0.1, 0.15) is 11.3 Å². The number of nitro benzene ring substituents is 1. The maximum absolute atomic E-state index is 12.4. The number of fused-ring (bicyclic) bond motifs is 1. The van der Waals surface area contributed by atoms with Crippen molar-refractivity contribution in [2.24, 2.45) is 4.99 Å². The molecule has 0 saturated carbocycles. The van der Waals surface area contributed by atoms with E-state index >= 15 is 0 Å². The second-order valence-corrected chi connectivity index (χ2v) is 6.85. The van der Waals surface area contributed by atoms with Crippen LogP contribution in [0, 0.1) is 22.5 Å². The van der Waals surface area contributed by atoms with E-state index in [4.69, 9.17) is 11.2 Å². The summed E-state index contributed by atoms with van der Waals surface area (Å²) in [4.78, 5) is 27.2. The van der Waals surface area contributed by atoms with Crippen LogP contribution in [-0.2, 0) is 11.3 Å². The van der Waals surface area contributed by atoms with Crippen LogP contribution >= 0.6 is 11.3 Å². The van der Waals surface area contributed by atoms with Crippen LogP contribution in [0.4, 0.5) is 5.69 Å². The molecular weight excluding hydrogens is 390 g/mol. The number of benzene rings is 2. The van der Waals surface area contributed by atoms with E-state index in [1.807, 2.05) is 25.1 Å². The number of ether oxygens (including phenoxy) is 1. The fraction of sp³-hybridized carbons (Fsp3) is 0.143. The molecule has 0 bridgehead atoms. The Morgan fingerprint density at radius 3 is 2.76 bits per heavy atom. The third-order valence-electron chi connectivity index (χ3n) is 3.94. The fourth-order valence-electron chi connectivity index (χ4n) is 2.70. The van der Waals surface area contributed by atoms with E-state index in [0.29, 0.717) is 22.7 Å². The molecule has 3 aromatic rings. The van der Waals surface area contributed by atoms with Crippen LogP contribution in [0.25, 0.3) is 16.3 Å². The van der Waals surface area contributed by atoms with Crippen molar-refractivity contribution >= 4 is 39.2 Å². The Morgan fingerprint density at radius 2 is 2.10 bits per heavy atom. The van der Waals surface area contributed by atoms with E-state index < -0.39 is 10.8 Å². The van der Waals surface area contributed by atoms with Gasteiger partial charge in [0, 0.05) is 18.2 Å². The van der Waals surface area contributed by atoms with Crippen LogP contribution in [0.1, 0.15) is 12.5 Å². The molecular formula is C21H17N3O4S. The van der Waals surface area contributed by atoms with Crippen LogP contribution in [0.5, 0.6) is 5.75 Å². The lowest BCUT2D eigenvalue weighted by molar-refractivity contribution is -0.384. The third kappa shape index (κ3) is 4.59. The molecule has 2 aromatic carbocycles. The van der Waals surface area contributed by atoms with Gasteiger partial charge >= 0.3 is 0 Å². The number of para-hydroxylation sites is 1. The highest BCUT2D eigenvalue weighted by atomic mass is 32.1. The Balaban J connectivity index is 1.95. The highest BCUT2D eigenvalue weighted by Crippen LogP contribution is 2.27. The molecule has 3 rings (SSSR count). The summed E-state index contributed by atoms with van der Waals surface area (Å²) in [5.41, 5.74) is 1.46. The quantitative estimate of drug-likeness (QED) is 0.269. The Labute approximate surface area is 170 Å². The molecule has 146 valence electrons. The predicted octanol–water partition coefficient (Wildman–Crippen LogP) is 3.78. The number of hydrogen-bond acceptors (Lipinski definition) is 5. The zero-order valence-corrected chi connectivity index (χ0v) is 16.4. The highest BCUT2D eigenvalue weighted by Gasteiger charge is 2.11. The average Bonchev–Trinajstić information content (AvgIpc) is 3.05. The maximum atomic E-state index is 12.4. The van der Waals surface area contributed by atoms with Crippen LogP contribution in [0.3, 0.4) is 0 Å². The first-order valence-corrected chi connectivity index (χ1v) is 9.55. The number of aromatic nitrogens is 1. The first-order valence-electron chi connectivity index (χ1n) is 8.73. The second kappa shape index (κ2) is 8.99. The average molecular weight is 407 g/mol. The van der Waals surface area contributed by atoms with Crippen molar-refractivity contribution in [3.8, 4) is 18.1 Å². The zero-order valence-electron chi connectivity index (χ0n) is 15.6. The number of terminal acetylenes is 1. The summed E-state index contributed by atoms with van der Waals surface area (Å²) >= 11 is 1.35. The molecule has 0 fully saturated rings. The lowest BCUT2D eigenvalue weighted by Crippen LogP contribution is -2.16. The number of amides is 1. The molecule has 0 unspecified atom stereocenters. The van der Waals surface area contributed by atoms with Gasteiger partial charge in [-0.2, -0.15) is 4.99 Å². The smallest absolute Gasteiger partial charge is 0.272 e. The van der Waals surface area contributed by atoms with Gasteiger partial charge in [-0.3, -0.25) is 14.9 Å². The number of rotatable bonds is 6. The first-order chi connectivity index (χ1) is 14.0. The predicted molar refractivity (Wildman–Crippen MR) is 113 cm³/mol. The Morgan fingerprint density at radius 1 is 1.34 bits per heavy atom. The van der Waals surface area contributed by atoms with Crippen molar-refractivity contribution in [2.45, 2.75) is 13.5 Å². The number of hydrogen-bond donors (Lipinski definition) is 0. The Hall–Kier alpha value is -3.70. The van der Waals surface area contributed by atoms with Crippen molar-refractivity contribution in [1.82, 2.24) is 4.57 Å². The minimum absolute atomic E-state index is 0.0103. The van der Waals surface area contributed by atoms with Crippen molar-refractivity contribution in [3.05, 3.63) is 69.0 Å². The van der Waals surface area contributed by atoms with Gasteiger partial charge in [-0.05, 0) is 42.8 Å². The van der Waals surface area contributed by atoms with E-state index in [-0.39, 0.29) is 12.2 Å². The van der Waals surface area contributed by atoms with E-state index in [9.17, 15) is 14.9 Å². The van der Waals surface area contributed by atoms with E-state index in [1.54, 1.807) is 22.8 Å². The molecule has 0 radical (unpaired) electrons. The van der Waals surface area contributed by atoms with Gasteiger partial charge in [-0.1, -0.05) is 23.3 Å². The van der Waals surface area contributed by atoms with Crippen LogP contribution in [-0.4, -0.2) is 22.0 Å². The van der Waals surface area contributed by atoms with Crippen molar-refractivity contribution in [1.29, 1.82) is 0 Å². The zero-order chi connectivity index (χ0) is 20.8. The largest absolute Gasteiger partial charge is 0.492 e. The topological polar surface area (TPSA) is 86.7 Å². The van der Waals surface area contributed by atoms with Crippen molar-refractivity contribution in [3.63, 3.8) is 0 Å². The minimum Gasteiger partial charge on any atom is -0.492 e. The summed E-state index contributed by atoms with van der Waals surface area (Å²) in [6, 6.07) is 11.5. The van der Waals surface area contributed by atoms with Gasteiger partial charge in [0.15, 0.2) is 4.80 Å². The standard InChI is InChI=1S/C21H17N3O4S/c1-3-14-23-20-17(28-4-2)6-5-7-18(20)29-21(23)22-19(25)13-10-15-8-11-16(12-9-15)24(26)27/h1,5-13H,4,14H2,2H3. The van der Waals surface area contributed by atoms with Gasteiger partial charge in [0.25, 0.3) is 11.6 Å². The molecule has 0 atom stereocenters. The molecule has 0 saturated heterocycles. The van der Waals surface area contributed by atoms with Crippen LogP contribution in [0.2, 0.25) is 0 Å². The normalized spacial score (nSPS) is 11.7. The number of nitrogens with zero attached hydrogens (tertiary/aromatic N) is 3. The molecule has 1 amide bonds. The van der Waals surface area contributed by atoms with Gasteiger partial charge in [-0.15, -0.1) is 6.42 Å². The Kier molecular flexibility index (Phi) is 6.22. The molecule has 1 heterocycles. The van der Waals surface area contributed by atoms with Gasteiger partial charge < -0.3 is 9.30 Å². The van der Waals surface area contributed by atoms with E-state index in [1.165, 1.54) is 29.5 Å². The van der Waals surface area contributed by atoms with Gasteiger partial charge in [0.2, 0.25) is 0 Å². The fourth-order valence-corrected chi connectivity index (χ4v) is 3.75. The summed E-state index contributed by atoms with van der Waals surface area (Å²) in [6.45, 7) is 2.66. The molecule has 7 nitrogen and oxygen atoms in total. The van der Waals surface area contributed by atoms with Crippen molar-refractivity contribution in [2.75, 3.05) is 6.61 Å². The number of non-ortho nitro benzene ring substituents is 1. The maximum Gasteiger partial charge on any atom is 0.272 e. The molecule has 0 N–H and O–H groups in total. The van der Waals surface area contributed by atoms with E-state index in [2.05, 4.69) is 10.9 Å². The molecule has 0 spiro atoms. The third-order valence-corrected chi connectivity index (χ3v) is 4.98. The summed E-state index contributed by atoms with van der Waals surface area (Å²) < 4.78 is 8.38. The summed E-state index contributed by atoms with van der Waals surface area (Å²) in [6.07, 6.45) is 8.38. The molecule has 0 aliphatic rings. The Bertz CT molecular complexity index is 1200. The summed E-state index contributed by atoms with van der Waals surface area (Å²) in [5, 5.41) is 10.7. The number of thiazole rings is 1. The number of carbonyl (C=O) groups is 1. The molecule has 0 aliphatic carbocycles. The van der Waals surface area contributed by atoms with E-state index in [0.717, 1.165) is 10.2 Å². The lowest BCUT2D eigenvalue weighted by Gasteiger charge is -2.07. The second-order valence-electron chi connectivity index (χ2n) is 5.84. The highest BCUT2D eigenvalue weighted by molar-refractivity contribution is 7.16. The number of nitro groups is 1.